The summed E-state index contributed by atoms with van der Waals surface area (Å²) in [7, 11) is 0. The SMILES string of the molecule is NCC1CCN(C(=O)CCCc2ncc(-c3ccccc3)o2)C1. The predicted octanol–water partition coefficient (Wildman–Crippen LogP) is 2.47. The first kappa shape index (κ1) is 15.7. The quantitative estimate of drug-likeness (QED) is 0.889. The van der Waals surface area contributed by atoms with Crippen LogP contribution in [0.4, 0.5) is 0 Å². The van der Waals surface area contributed by atoms with E-state index in [9.17, 15) is 4.79 Å². The third-order valence-corrected chi connectivity index (χ3v) is 4.37. The van der Waals surface area contributed by atoms with E-state index in [4.69, 9.17) is 10.2 Å². The van der Waals surface area contributed by atoms with Gasteiger partial charge in [0.15, 0.2) is 11.7 Å². The maximum absolute atomic E-state index is 12.2. The lowest BCUT2D eigenvalue weighted by molar-refractivity contribution is -0.130. The maximum Gasteiger partial charge on any atom is 0.222 e. The summed E-state index contributed by atoms with van der Waals surface area (Å²) >= 11 is 0. The Bertz CT molecular complexity index is 639. The summed E-state index contributed by atoms with van der Waals surface area (Å²) in [6.07, 6.45) is 4.77. The number of amides is 1. The van der Waals surface area contributed by atoms with Crippen molar-refractivity contribution in [3.05, 3.63) is 42.4 Å². The fourth-order valence-corrected chi connectivity index (χ4v) is 2.96. The van der Waals surface area contributed by atoms with Crippen molar-refractivity contribution in [2.75, 3.05) is 19.6 Å². The summed E-state index contributed by atoms with van der Waals surface area (Å²) in [5, 5.41) is 0. The van der Waals surface area contributed by atoms with Crippen LogP contribution in [0.3, 0.4) is 0 Å². The molecule has 0 spiro atoms. The second kappa shape index (κ2) is 7.42. The van der Waals surface area contributed by atoms with Gasteiger partial charge in [-0.3, -0.25) is 4.79 Å². The first-order valence-corrected chi connectivity index (χ1v) is 8.24. The zero-order chi connectivity index (χ0) is 16.1. The molecule has 1 aromatic carbocycles. The number of hydrogen-bond donors (Lipinski definition) is 1. The minimum atomic E-state index is 0.218. The summed E-state index contributed by atoms with van der Waals surface area (Å²) in [4.78, 5) is 18.4. The number of likely N-dealkylation sites (tertiary alicyclic amines) is 1. The van der Waals surface area contributed by atoms with Crippen LogP contribution >= 0.6 is 0 Å². The molecule has 2 aromatic rings. The Morgan fingerprint density at radius 3 is 2.91 bits per heavy atom. The molecule has 0 saturated carbocycles. The number of carbonyl (C=O) groups is 1. The highest BCUT2D eigenvalue weighted by atomic mass is 16.4. The third kappa shape index (κ3) is 3.99. The predicted molar refractivity (Wildman–Crippen MR) is 88.6 cm³/mol. The van der Waals surface area contributed by atoms with Gasteiger partial charge in [-0.25, -0.2) is 4.98 Å². The molecule has 5 heteroatoms. The van der Waals surface area contributed by atoms with Crippen LogP contribution < -0.4 is 5.73 Å². The third-order valence-electron chi connectivity index (χ3n) is 4.37. The van der Waals surface area contributed by atoms with E-state index in [1.54, 1.807) is 6.20 Å². The summed E-state index contributed by atoms with van der Waals surface area (Å²) in [5.74, 6) is 2.16. The van der Waals surface area contributed by atoms with E-state index in [1.165, 1.54) is 0 Å². The first-order valence-electron chi connectivity index (χ1n) is 8.24. The van der Waals surface area contributed by atoms with Crippen LogP contribution in [-0.4, -0.2) is 35.4 Å². The second-order valence-electron chi connectivity index (χ2n) is 6.07. The van der Waals surface area contributed by atoms with Crippen LogP contribution in [0.2, 0.25) is 0 Å². The molecule has 1 atom stereocenters. The van der Waals surface area contributed by atoms with Crippen molar-refractivity contribution in [2.24, 2.45) is 11.7 Å². The molecular weight excluding hydrogens is 290 g/mol. The van der Waals surface area contributed by atoms with E-state index in [-0.39, 0.29) is 5.91 Å². The Kier molecular flexibility index (Phi) is 5.08. The van der Waals surface area contributed by atoms with Crippen molar-refractivity contribution in [1.82, 2.24) is 9.88 Å². The van der Waals surface area contributed by atoms with Crippen molar-refractivity contribution in [1.29, 1.82) is 0 Å². The molecule has 1 unspecified atom stereocenters. The molecular formula is C18H23N3O2. The van der Waals surface area contributed by atoms with Crippen LogP contribution in [0.1, 0.15) is 25.2 Å². The monoisotopic (exact) mass is 313 g/mol. The number of benzene rings is 1. The van der Waals surface area contributed by atoms with Gasteiger partial charge in [0.25, 0.3) is 0 Å². The van der Waals surface area contributed by atoms with Gasteiger partial charge < -0.3 is 15.1 Å². The van der Waals surface area contributed by atoms with E-state index in [0.717, 1.165) is 37.3 Å². The van der Waals surface area contributed by atoms with E-state index < -0.39 is 0 Å². The summed E-state index contributed by atoms with van der Waals surface area (Å²) < 4.78 is 5.76. The van der Waals surface area contributed by atoms with E-state index in [2.05, 4.69) is 4.98 Å². The fourth-order valence-electron chi connectivity index (χ4n) is 2.96. The fraction of sp³-hybridized carbons (Fsp3) is 0.444. The molecule has 1 aromatic heterocycles. The van der Waals surface area contributed by atoms with Crippen LogP contribution in [-0.2, 0) is 11.2 Å². The van der Waals surface area contributed by atoms with Crippen LogP contribution in [0, 0.1) is 5.92 Å². The van der Waals surface area contributed by atoms with Crippen molar-refractivity contribution in [3.8, 4) is 11.3 Å². The standard InChI is InChI=1S/C18H23N3O2/c19-11-14-9-10-21(13-14)18(22)8-4-7-17-20-12-16(23-17)15-5-2-1-3-6-15/h1-3,5-6,12,14H,4,7-11,13,19H2. The van der Waals surface area contributed by atoms with Crippen molar-refractivity contribution in [2.45, 2.75) is 25.7 Å². The lowest BCUT2D eigenvalue weighted by Gasteiger charge is -2.15. The van der Waals surface area contributed by atoms with Gasteiger partial charge in [0.05, 0.1) is 6.20 Å². The second-order valence-corrected chi connectivity index (χ2v) is 6.07. The Morgan fingerprint density at radius 1 is 1.35 bits per heavy atom. The topological polar surface area (TPSA) is 72.4 Å². The molecule has 1 aliphatic heterocycles. The molecule has 1 amide bonds. The average Bonchev–Trinajstić information content (AvgIpc) is 3.25. The number of aromatic nitrogens is 1. The van der Waals surface area contributed by atoms with E-state index >= 15 is 0 Å². The Morgan fingerprint density at radius 2 is 2.17 bits per heavy atom. The average molecular weight is 313 g/mol. The summed E-state index contributed by atoms with van der Waals surface area (Å²) in [5.41, 5.74) is 6.68. The number of nitrogens with two attached hydrogens (primary N) is 1. The molecule has 122 valence electrons. The van der Waals surface area contributed by atoms with Gasteiger partial charge in [-0.1, -0.05) is 30.3 Å². The molecule has 2 N–H and O–H groups in total. The van der Waals surface area contributed by atoms with Crippen LogP contribution in [0.5, 0.6) is 0 Å². The van der Waals surface area contributed by atoms with Crippen LogP contribution in [0.15, 0.2) is 40.9 Å². The zero-order valence-corrected chi connectivity index (χ0v) is 13.3. The van der Waals surface area contributed by atoms with Gasteiger partial charge in [-0.05, 0) is 25.3 Å². The highest BCUT2D eigenvalue weighted by Crippen LogP contribution is 2.21. The molecule has 0 aliphatic carbocycles. The number of nitrogens with zero attached hydrogens (tertiary/aromatic N) is 2. The minimum absolute atomic E-state index is 0.218. The highest BCUT2D eigenvalue weighted by Gasteiger charge is 2.24. The van der Waals surface area contributed by atoms with Crippen LogP contribution in [0.25, 0.3) is 11.3 Å². The molecule has 0 bridgehead atoms. The van der Waals surface area contributed by atoms with Crippen molar-refractivity contribution >= 4 is 5.91 Å². The number of hydrogen-bond acceptors (Lipinski definition) is 4. The molecule has 2 heterocycles. The van der Waals surface area contributed by atoms with E-state index in [1.807, 2.05) is 35.2 Å². The number of carbonyl (C=O) groups excluding carboxylic acids is 1. The molecule has 23 heavy (non-hydrogen) atoms. The smallest absolute Gasteiger partial charge is 0.222 e. The Balaban J connectivity index is 1.46. The summed E-state index contributed by atoms with van der Waals surface area (Å²) in [6.45, 7) is 2.33. The van der Waals surface area contributed by atoms with Crippen molar-refractivity contribution < 1.29 is 9.21 Å². The molecule has 1 fully saturated rings. The largest absolute Gasteiger partial charge is 0.441 e. The van der Waals surface area contributed by atoms with Crippen molar-refractivity contribution in [3.63, 3.8) is 0 Å². The van der Waals surface area contributed by atoms with Gasteiger partial charge >= 0.3 is 0 Å². The summed E-state index contributed by atoms with van der Waals surface area (Å²) in [6, 6.07) is 9.91. The van der Waals surface area contributed by atoms with Gasteiger partial charge in [-0.15, -0.1) is 0 Å². The molecule has 0 radical (unpaired) electrons. The number of oxazole rings is 1. The lowest BCUT2D eigenvalue weighted by Crippen LogP contribution is -2.29. The number of rotatable bonds is 6. The lowest BCUT2D eigenvalue weighted by atomic mass is 10.1. The van der Waals surface area contributed by atoms with E-state index in [0.29, 0.717) is 31.2 Å². The molecule has 1 aliphatic rings. The van der Waals surface area contributed by atoms with Gasteiger partial charge in [0.2, 0.25) is 5.91 Å². The Hall–Kier alpha value is -2.14. The van der Waals surface area contributed by atoms with Gasteiger partial charge in [0.1, 0.15) is 0 Å². The molecule has 1 saturated heterocycles. The normalized spacial score (nSPS) is 17.6. The van der Waals surface area contributed by atoms with Gasteiger partial charge in [0, 0.05) is 31.5 Å². The molecule has 5 nitrogen and oxygen atoms in total. The first-order chi connectivity index (χ1) is 11.3. The Labute approximate surface area is 136 Å². The maximum atomic E-state index is 12.2. The highest BCUT2D eigenvalue weighted by molar-refractivity contribution is 5.76. The molecule has 3 rings (SSSR count). The zero-order valence-electron chi connectivity index (χ0n) is 13.3. The minimum Gasteiger partial charge on any atom is -0.441 e. The van der Waals surface area contributed by atoms with Gasteiger partial charge in [-0.2, -0.15) is 0 Å². The number of aryl methyl sites for hydroxylation is 1.